The Labute approximate surface area is 198 Å². The summed E-state index contributed by atoms with van der Waals surface area (Å²) in [5.41, 5.74) is 0.0398. The molecule has 1 aliphatic heterocycles. The average molecular weight is 481 g/mol. The number of anilines is 1. The van der Waals surface area contributed by atoms with E-state index in [4.69, 9.17) is 16.3 Å². The van der Waals surface area contributed by atoms with Crippen molar-refractivity contribution in [3.63, 3.8) is 0 Å². The van der Waals surface area contributed by atoms with Gasteiger partial charge in [-0.1, -0.05) is 41.9 Å². The molecule has 10 heteroatoms. The molecule has 1 saturated heterocycles. The van der Waals surface area contributed by atoms with E-state index in [1.807, 2.05) is 0 Å². The van der Waals surface area contributed by atoms with Crippen LogP contribution < -0.4 is 9.64 Å². The van der Waals surface area contributed by atoms with E-state index in [2.05, 4.69) is 0 Å². The SMILES string of the molecule is COc1cc(C2/C(=C(\O)c3cccc([N+](=O)[O-])c3)C(=O)C(=O)N2c2ccccc2)cc(Cl)c1O. The van der Waals surface area contributed by atoms with E-state index >= 15 is 0 Å². The molecule has 1 atom stereocenters. The highest BCUT2D eigenvalue weighted by molar-refractivity contribution is 6.51. The molecule has 0 radical (unpaired) electrons. The van der Waals surface area contributed by atoms with Gasteiger partial charge in [-0.2, -0.15) is 0 Å². The minimum Gasteiger partial charge on any atom is -0.507 e. The molecule has 1 aliphatic rings. The van der Waals surface area contributed by atoms with Gasteiger partial charge in [0.1, 0.15) is 5.76 Å². The van der Waals surface area contributed by atoms with Gasteiger partial charge in [0.25, 0.3) is 17.4 Å². The molecule has 1 fully saturated rings. The van der Waals surface area contributed by atoms with Gasteiger partial charge in [0.15, 0.2) is 11.5 Å². The third-order valence-corrected chi connectivity index (χ3v) is 5.68. The van der Waals surface area contributed by atoms with Crippen molar-refractivity contribution in [2.24, 2.45) is 0 Å². The number of nitrogens with zero attached hydrogens (tertiary/aromatic N) is 2. The van der Waals surface area contributed by atoms with E-state index in [9.17, 15) is 29.9 Å². The number of benzene rings is 3. The Kier molecular flexibility index (Phi) is 5.95. The fourth-order valence-corrected chi connectivity index (χ4v) is 4.05. The second-order valence-corrected chi connectivity index (χ2v) is 7.77. The Morgan fingerprint density at radius 1 is 1.09 bits per heavy atom. The van der Waals surface area contributed by atoms with Gasteiger partial charge in [0.2, 0.25) is 0 Å². The number of non-ortho nitro benzene ring substituents is 1. The van der Waals surface area contributed by atoms with Crippen molar-refractivity contribution in [1.82, 2.24) is 0 Å². The molecule has 0 aromatic heterocycles. The Bertz CT molecular complexity index is 1350. The number of para-hydroxylation sites is 1. The number of aliphatic hydroxyl groups excluding tert-OH is 1. The summed E-state index contributed by atoms with van der Waals surface area (Å²) < 4.78 is 5.17. The number of aromatic hydroxyl groups is 1. The number of ketones is 1. The van der Waals surface area contributed by atoms with Crippen LogP contribution in [-0.4, -0.2) is 33.9 Å². The maximum atomic E-state index is 13.2. The molecule has 0 spiro atoms. The number of phenolic OH excluding ortho intramolecular Hbond substituents is 1. The monoisotopic (exact) mass is 480 g/mol. The summed E-state index contributed by atoms with van der Waals surface area (Å²) in [6.45, 7) is 0. The van der Waals surface area contributed by atoms with Crippen LogP contribution in [0.15, 0.2) is 72.3 Å². The fourth-order valence-electron chi connectivity index (χ4n) is 3.83. The number of phenols is 1. The van der Waals surface area contributed by atoms with Gasteiger partial charge < -0.3 is 14.9 Å². The topological polar surface area (TPSA) is 130 Å². The maximum absolute atomic E-state index is 13.2. The predicted octanol–water partition coefficient (Wildman–Crippen LogP) is 4.59. The van der Waals surface area contributed by atoms with Gasteiger partial charge in [-0.15, -0.1) is 0 Å². The van der Waals surface area contributed by atoms with E-state index in [0.29, 0.717) is 5.69 Å². The largest absolute Gasteiger partial charge is 0.507 e. The van der Waals surface area contributed by atoms with Crippen LogP contribution in [0.5, 0.6) is 11.5 Å². The lowest BCUT2D eigenvalue weighted by atomic mass is 9.94. The molecule has 0 aliphatic carbocycles. The third-order valence-electron chi connectivity index (χ3n) is 5.40. The van der Waals surface area contributed by atoms with Gasteiger partial charge in [-0.3, -0.25) is 24.6 Å². The zero-order valence-electron chi connectivity index (χ0n) is 17.6. The van der Waals surface area contributed by atoms with Crippen LogP contribution in [0.1, 0.15) is 17.2 Å². The van der Waals surface area contributed by atoms with Crippen molar-refractivity contribution < 1.29 is 29.5 Å². The van der Waals surface area contributed by atoms with Crippen molar-refractivity contribution >= 4 is 40.4 Å². The normalized spacial score (nSPS) is 17.1. The maximum Gasteiger partial charge on any atom is 0.300 e. The van der Waals surface area contributed by atoms with Gasteiger partial charge in [0.05, 0.1) is 28.7 Å². The smallest absolute Gasteiger partial charge is 0.300 e. The van der Waals surface area contributed by atoms with Crippen LogP contribution in [0.25, 0.3) is 5.76 Å². The number of rotatable bonds is 5. The molecular weight excluding hydrogens is 464 g/mol. The Morgan fingerprint density at radius 3 is 2.44 bits per heavy atom. The number of nitro benzene ring substituents is 1. The summed E-state index contributed by atoms with van der Waals surface area (Å²) in [6.07, 6.45) is 0. The van der Waals surface area contributed by atoms with Crippen molar-refractivity contribution in [2.45, 2.75) is 6.04 Å². The van der Waals surface area contributed by atoms with Crippen LogP contribution in [0.3, 0.4) is 0 Å². The number of aliphatic hydroxyl groups is 1. The molecule has 2 N–H and O–H groups in total. The number of ether oxygens (including phenoxy) is 1. The highest BCUT2D eigenvalue weighted by atomic mass is 35.5. The molecule has 4 rings (SSSR count). The van der Waals surface area contributed by atoms with Crippen LogP contribution in [0.2, 0.25) is 5.02 Å². The van der Waals surface area contributed by atoms with Crippen molar-refractivity contribution in [3.8, 4) is 11.5 Å². The van der Waals surface area contributed by atoms with Crippen molar-refractivity contribution in [3.05, 3.63) is 98.6 Å². The molecule has 172 valence electrons. The number of carbonyl (C=O) groups is 2. The number of nitro groups is 1. The molecular formula is C24H17ClN2O7. The van der Waals surface area contributed by atoms with E-state index in [-0.39, 0.29) is 38.9 Å². The summed E-state index contributed by atoms with van der Waals surface area (Å²) in [5, 5.41) is 32.4. The van der Waals surface area contributed by atoms with Crippen LogP contribution in [0.4, 0.5) is 11.4 Å². The number of hydrogen-bond donors (Lipinski definition) is 2. The first-order valence-electron chi connectivity index (χ1n) is 9.92. The Morgan fingerprint density at radius 2 is 1.79 bits per heavy atom. The third kappa shape index (κ3) is 3.82. The van der Waals surface area contributed by atoms with Gasteiger partial charge >= 0.3 is 0 Å². The van der Waals surface area contributed by atoms with E-state index in [1.54, 1.807) is 30.3 Å². The first-order valence-corrected chi connectivity index (χ1v) is 10.3. The van der Waals surface area contributed by atoms with Crippen LogP contribution in [0, 0.1) is 10.1 Å². The number of carbonyl (C=O) groups excluding carboxylic acids is 2. The molecule has 0 saturated carbocycles. The molecule has 3 aromatic carbocycles. The second-order valence-electron chi connectivity index (χ2n) is 7.37. The summed E-state index contributed by atoms with van der Waals surface area (Å²) in [6, 6.07) is 15.0. The first kappa shape index (κ1) is 22.8. The van der Waals surface area contributed by atoms with Crippen molar-refractivity contribution in [2.75, 3.05) is 12.0 Å². The predicted molar refractivity (Wildman–Crippen MR) is 124 cm³/mol. The molecule has 9 nitrogen and oxygen atoms in total. The summed E-state index contributed by atoms with van der Waals surface area (Å²) in [4.78, 5) is 38.0. The lowest BCUT2D eigenvalue weighted by Gasteiger charge is -2.26. The van der Waals surface area contributed by atoms with Gasteiger partial charge in [-0.25, -0.2) is 0 Å². The zero-order chi connectivity index (χ0) is 24.6. The molecule has 1 amide bonds. The summed E-state index contributed by atoms with van der Waals surface area (Å²) in [7, 11) is 1.31. The lowest BCUT2D eigenvalue weighted by molar-refractivity contribution is -0.384. The molecule has 0 bridgehead atoms. The highest BCUT2D eigenvalue weighted by Gasteiger charge is 2.47. The summed E-state index contributed by atoms with van der Waals surface area (Å²) >= 11 is 6.17. The molecule has 1 unspecified atom stereocenters. The van der Waals surface area contributed by atoms with E-state index in [0.717, 1.165) is 6.07 Å². The number of amides is 1. The number of hydrogen-bond acceptors (Lipinski definition) is 7. The zero-order valence-corrected chi connectivity index (χ0v) is 18.4. The van der Waals surface area contributed by atoms with E-state index < -0.39 is 28.4 Å². The quantitative estimate of drug-likeness (QED) is 0.179. The minimum absolute atomic E-state index is 0.00324. The van der Waals surface area contributed by atoms with Crippen LogP contribution >= 0.6 is 11.6 Å². The van der Waals surface area contributed by atoms with Crippen LogP contribution in [-0.2, 0) is 9.59 Å². The molecule has 3 aromatic rings. The summed E-state index contributed by atoms with van der Waals surface area (Å²) in [5.74, 6) is -2.82. The second kappa shape index (κ2) is 8.87. The average Bonchev–Trinajstić information content (AvgIpc) is 3.11. The van der Waals surface area contributed by atoms with Crippen molar-refractivity contribution in [1.29, 1.82) is 0 Å². The van der Waals surface area contributed by atoms with E-state index in [1.165, 1.54) is 42.3 Å². The van der Waals surface area contributed by atoms with Gasteiger partial charge in [-0.05, 0) is 29.8 Å². The Balaban J connectivity index is 2.00. The molecule has 34 heavy (non-hydrogen) atoms. The number of Topliss-reactive ketones (excluding diaryl/α,β-unsaturated/α-hetero) is 1. The highest BCUT2D eigenvalue weighted by Crippen LogP contribution is 2.46. The molecule has 1 heterocycles. The number of halogens is 1. The van der Waals surface area contributed by atoms with Gasteiger partial charge in [0, 0.05) is 23.4 Å². The minimum atomic E-state index is -1.16. The Hall–Kier alpha value is -4.37. The number of methoxy groups -OCH3 is 1. The first-order chi connectivity index (χ1) is 16.2. The lowest BCUT2D eigenvalue weighted by Crippen LogP contribution is -2.29. The standard InChI is InChI=1S/C24H17ClN2O7/c1-34-18-12-14(11-17(25)22(18)29)20-19(21(28)13-6-5-9-16(10-13)27(32)33)23(30)24(31)26(20)15-7-3-2-4-8-15/h2-12,20,28-29H,1H3/b21-19+. The fraction of sp³-hybridized carbons (Fsp3) is 0.0833.